The summed E-state index contributed by atoms with van der Waals surface area (Å²) in [6.07, 6.45) is 2.99. The summed E-state index contributed by atoms with van der Waals surface area (Å²) in [7, 11) is 0. The van der Waals surface area contributed by atoms with Gasteiger partial charge in [-0.3, -0.25) is 0 Å². The second-order valence-electron chi connectivity index (χ2n) is 4.06. The van der Waals surface area contributed by atoms with Gasteiger partial charge in [-0.25, -0.2) is 0 Å². The second-order valence-corrected chi connectivity index (χ2v) is 4.06. The quantitative estimate of drug-likeness (QED) is 0.658. The molecule has 0 aliphatic rings. The number of H-pyrrole nitrogens is 1. The molecular formula is C15H13N. The number of aromatic amines is 1. The van der Waals surface area contributed by atoms with Crippen LogP contribution < -0.4 is 0 Å². The summed E-state index contributed by atoms with van der Waals surface area (Å²) >= 11 is 0. The van der Waals surface area contributed by atoms with Crippen LogP contribution >= 0.6 is 0 Å². The van der Waals surface area contributed by atoms with Gasteiger partial charge in [-0.2, -0.15) is 0 Å². The number of aromatic nitrogens is 1. The summed E-state index contributed by atoms with van der Waals surface area (Å²) in [6.45, 7) is 0. The maximum Gasteiger partial charge on any atom is 0.0454 e. The van der Waals surface area contributed by atoms with Gasteiger partial charge in [0.25, 0.3) is 0 Å². The van der Waals surface area contributed by atoms with E-state index in [1.165, 1.54) is 22.0 Å². The Balaban J connectivity index is 1.94. The fourth-order valence-electron chi connectivity index (χ4n) is 2.04. The number of benzene rings is 2. The van der Waals surface area contributed by atoms with Crippen molar-refractivity contribution in [2.75, 3.05) is 0 Å². The van der Waals surface area contributed by atoms with E-state index in [0.717, 1.165) is 6.42 Å². The maximum atomic E-state index is 3.21. The first-order valence-corrected chi connectivity index (χ1v) is 5.52. The number of hydrogen-bond acceptors (Lipinski definition) is 0. The lowest BCUT2D eigenvalue weighted by Crippen LogP contribution is -1.86. The topological polar surface area (TPSA) is 15.8 Å². The lowest BCUT2D eigenvalue weighted by Gasteiger charge is -2.01. The van der Waals surface area contributed by atoms with Gasteiger partial charge in [0.2, 0.25) is 0 Å². The lowest BCUT2D eigenvalue weighted by molar-refractivity contribution is 1.20. The predicted octanol–water partition coefficient (Wildman–Crippen LogP) is 3.76. The third kappa shape index (κ3) is 1.72. The van der Waals surface area contributed by atoms with E-state index in [9.17, 15) is 0 Å². The fourth-order valence-corrected chi connectivity index (χ4v) is 2.04. The van der Waals surface area contributed by atoms with Crippen molar-refractivity contribution in [1.29, 1.82) is 0 Å². The van der Waals surface area contributed by atoms with Gasteiger partial charge >= 0.3 is 0 Å². The minimum Gasteiger partial charge on any atom is -0.361 e. The minimum atomic E-state index is 1.00. The molecule has 3 aromatic rings. The molecule has 0 unspecified atom stereocenters. The van der Waals surface area contributed by atoms with Crippen molar-refractivity contribution in [2.45, 2.75) is 6.42 Å². The Morgan fingerprint density at radius 1 is 0.812 bits per heavy atom. The van der Waals surface area contributed by atoms with E-state index in [1.54, 1.807) is 0 Å². The van der Waals surface area contributed by atoms with Crippen LogP contribution in [0.15, 0.2) is 60.8 Å². The lowest BCUT2D eigenvalue weighted by atomic mass is 10.0. The van der Waals surface area contributed by atoms with Crippen LogP contribution in [0.2, 0.25) is 0 Å². The second kappa shape index (κ2) is 3.86. The van der Waals surface area contributed by atoms with E-state index in [4.69, 9.17) is 0 Å². The SMILES string of the molecule is c1ccc(Cc2ccc3[nH]ccc3c2)cc1. The summed E-state index contributed by atoms with van der Waals surface area (Å²) in [4.78, 5) is 3.21. The highest BCUT2D eigenvalue weighted by Crippen LogP contribution is 2.16. The highest BCUT2D eigenvalue weighted by Gasteiger charge is 1.98. The predicted molar refractivity (Wildman–Crippen MR) is 67.5 cm³/mol. The van der Waals surface area contributed by atoms with Gasteiger partial charge in [-0.1, -0.05) is 36.4 Å². The third-order valence-electron chi connectivity index (χ3n) is 2.87. The van der Waals surface area contributed by atoms with Gasteiger partial charge in [-0.15, -0.1) is 0 Å². The number of rotatable bonds is 2. The van der Waals surface area contributed by atoms with E-state index in [-0.39, 0.29) is 0 Å². The molecule has 0 radical (unpaired) electrons. The number of nitrogens with one attached hydrogen (secondary N) is 1. The van der Waals surface area contributed by atoms with Gasteiger partial charge in [0.15, 0.2) is 0 Å². The molecule has 0 spiro atoms. The van der Waals surface area contributed by atoms with Crippen molar-refractivity contribution >= 4 is 10.9 Å². The highest BCUT2D eigenvalue weighted by atomic mass is 14.7. The first kappa shape index (κ1) is 9.22. The van der Waals surface area contributed by atoms with Crippen LogP contribution in [-0.4, -0.2) is 4.98 Å². The highest BCUT2D eigenvalue weighted by molar-refractivity contribution is 5.79. The van der Waals surface area contributed by atoms with Gasteiger partial charge in [0.1, 0.15) is 0 Å². The van der Waals surface area contributed by atoms with Crippen molar-refractivity contribution < 1.29 is 0 Å². The minimum absolute atomic E-state index is 1.00. The first-order valence-electron chi connectivity index (χ1n) is 5.52. The van der Waals surface area contributed by atoms with Crippen molar-refractivity contribution in [3.8, 4) is 0 Å². The van der Waals surface area contributed by atoms with Crippen LogP contribution in [0.5, 0.6) is 0 Å². The van der Waals surface area contributed by atoms with Crippen molar-refractivity contribution in [3.63, 3.8) is 0 Å². The largest absolute Gasteiger partial charge is 0.361 e. The monoisotopic (exact) mass is 207 g/mol. The normalized spacial score (nSPS) is 10.8. The zero-order valence-electron chi connectivity index (χ0n) is 8.98. The molecule has 1 heteroatoms. The zero-order valence-corrected chi connectivity index (χ0v) is 8.98. The van der Waals surface area contributed by atoms with Crippen molar-refractivity contribution in [2.24, 2.45) is 0 Å². The molecule has 0 fully saturated rings. The summed E-state index contributed by atoms with van der Waals surface area (Å²) in [5.41, 5.74) is 3.92. The molecule has 0 aliphatic heterocycles. The standard InChI is InChI=1S/C15H13N/c1-2-4-12(5-3-1)10-13-6-7-15-14(11-13)8-9-16-15/h1-9,11,16H,10H2. The summed E-state index contributed by atoms with van der Waals surface area (Å²) in [6, 6.07) is 19.3. The summed E-state index contributed by atoms with van der Waals surface area (Å²) < 4.78 is 0. The van der Waals surface area contributed by atoms with E-state index in [2.05, 4.69) is 59.6 Å². The van der Waals surface area contributed by atoms with E-state index in [1.807, 2.05) is 6.20 Å². The molecule has 0 aliphatic carbocycles. The average Bonchev–Trinajstić information content (AvgIpc) is 2.77. The van der Waals surface area contributed by atoms with Crippen molar-refractivity contribution in [3.05, 3.63) is 71.9 Å². The van der Waals surface area contributed by atoms with Crippen LogP contribution in [0.4, 0.5) is 0 Å². The molecular weight excluding hydrogens is 194 g/mol. The molecule has 3 rings (SSSR count). The third-order valence-corrected chi connectivity index (χ3v) is 2.87. The fraction of sp³-hybridized carbons (Fsp3) is 0.0667. The van der Waals surface area contributed by atoms with Crippen molar-refractivity contribution in [1.82, 2.24) is 4.98 Å². The molecule has 78 valence electrons. The van der Waals surface area contributed by atoms with Crippen LogP contribution in [0.3, 0.4) is 0 Å². The van der Waals surface area contributed by atoms with E-state index in [0.29, 0.717) is 0 Å². The molecule has 16 heavy (non-hydrogen) atoms. The molecule has 1 aromatic heterocycles. The molecule has 1 heterocycles. The zero-order chi connectivity index (χ0) is 10.8. The number of hydrogen-bond donors (Lipinski definition) is 1. The molecule has 0 saturated carbocycles. The maximum absolute atomic E-state index is 3.21. The summed E-state index contributed by atoms with van der Waals surface area (Å²) in [5.74, 6) is 0. The van der Waals surface area contributed by atoms with Gasteiger partial charge in [0.05, 0.1) is 0 Å². The smallest absolute Gasteiger partial charge is 0.0454 e. The Labute approximate surface area is 94.7 Å². The molecule has 0 amide bonds. The Bertz CT molecular complexity index is 593. The van der Waals surface area contributed by atoms with Crippen LogP contribution in [0, 0.1) is 0 Å². The van der Waals surface area contributed by atoms with Crippen LogP contribution in [0.25, 0.3) is 10.9 Å². The number of fused-ring (bicyclic) bond motifs is 1. The van der Waals surface area contributed by atoms with Gasteiger partial charge in [0, 0.05) is 11.7 Å². The molecule has 0 saturated heterocycles. The Morgan fingerprint density at radius 2 is 1.69 bits per heavy atom. The van der Waals surface area contributed by atoms with E-state index < -0.39 is 0 Å². The molecule has 0 bridgehead atoms. The van der Waals surface area contributed by atoms with Crippen LogP contribution in [0.1, 0.15) is 11.1 Å². The van der Waals surface area contributed by atoms with Gasteiger partial charge < -0.3 is 4.98 Å². The molecule has 2 aromatic carbocycles. The molecule has 1 N–H and O–H groups in total. The van der Waals surface area contributed by atoms with Crippen LogP contribution in [-0.2, 0) is 6.42 Å². The van der Waals surface area contributed by atoms with Gasteiger partial charge in [-0.05, 0) is 41.1 Å². The Morgan fingerprint density at radius 3 is 2.56 bits per heavy atom. The Hall–Kier alpha value is -2.02. The Kier molecular flexibility index (Phi) is 2.22. The summed E-state index contributed by atoms with van der Waals surface area (Å²) in [5, 5.41) is 1.29. The van der Waals surface area contributed by atoms with E-state index >= 15 is 0 Å². The molecule has 0 atom stereocenters. The molecule has 1 nitrogen and oxygen atoms in total. The average molecular weight is 207 g/mol. The first-order chi connectivity index (χ1) is 7.92.